The molecule has 0 aromatic heterocycles. The lowest BCUT2D eigenvalue weighted by Crippen LogP contribution is -2.07. The Labute approximate surface area is 96.4 Å². The molecule has 0 bridgehead atoms. The van der Waals surface area contributed by atoms with E-state index in [2.05, 4.69) is 0 Å². The number of methoxy groups -OCH3 is 2. The van der Waals surface area contributed by atoms with E-state index in [4.69, 9.17) is 14.7 Å². The van der Waals surface area contributed by atoms with Crippen LogP contribution >= 0.6 is 0 Å². The summed E-state index contributed by atoms with van der Waals surface area (Å²) < 4.78 is 47.4. The third kappa shape index (κ3) is 2.81. The van der Waals surface area contributed by atoms with E-state index in [0.29, 0.717) is 5.56 Å². The van der Waals surface area contributed by atoms with Gasteiger partial charge in [0, 0.05) is 0 Å². The molecule has 6 heteroatoms. The average molecular weight is 245 g/mol. The second-order valence-corrected chi connectivity index (χ2v) is 3.19. The van der Waals surface area contributed by atoms with Gasteiger partial charge in [-0.25, -0.2) is 0 Å². The predicted molar refractivity (Wildman–Crippen MR) is 53.9 cm³/mol. The van der Waals surface area contributed by atoms with Crippen LogP contribution in [0.2, 0.25) is 0 Å². The number of hydrogen-bond donors (Lipinski definition) is 0. The third-order valence-electron chi connectivity index (χ3n) is 2.19. The predicted octanol–water partition coefficient (Wildman–Crippen LogP) is 2.79. The van der Waals surface area contributed by atoms with E-state index < -0.39 is 11.7 Å². The number of halogens is 3. The van der Waals surface area contributed by atoms with Gasteiger partial charge in [0.05, 0.1) is 37.8 Å². The first kappa shape index (κ1) is 13.2. The van der Waals surface area contributed by atoms with Gasteiger partial charge in [-0.15, -0.1) is 0 Å². The van der Waals surface area contributed by atoms with Crippen LogP contribution in [0.1, 0.15) is 11.1 Å². The van der Waals surface area contributed by atoms with Crippen molar-refractivity contribution in [1.82, 2.24) is 0 Å². The largest absolute Gasteiger partial charge is 0.496 e. The summed E-state index contributed by atoms with van der Waals surface area (Å²) in [6.45, 7) is 0. The molecule has 0 spiro atoms. The van der Waals surface area contributed by atoms with Gasteiger partial charge in [-0.1, -0.05) is 0 Å². The molecule has 0 fully saturated rings. The van der Waals surface area contributed by atoms with E-state index in [0.717, 1.165) is 12.1 Å². The van der Waals surface area contributed by atoms with Gasteiger partial charge in [-0.3, -0.25) is 0 Å². The smallest absolute Gasteiger partial charge is 0.416 e. The van der Waals surface area contributed by atoms with Crippen molar-refractivity contribution in [2.24, 2.45) is 0 Å². The topological polar surface area (TPSA) is 42.2 Å². The van der Waals surface area contributed by atoms with Crippen LogP contribution in [-0.4, -0.2) is 14.2 Å². The van der Waals surface area contributed by atoms with Gasteiger partial charge in [0.25, 0.3) is 0 Å². The zero-order chi connectivity index (χ0) is 13.1. The van der Waals surface area contributed by atoms with E-state index in [1.54, 1.807) is 0 Å². The summed E-state index contributed by atoms with van der Waals surface area (Å²) in [7, 11) is 2.49. The Bertz CT molecular complexity index is 424. The fraction of sp³-hybridized carbons (Fsp3) is 0.364. The van der Waals surface area contributed by atoms with Crippen molar-refractivity contribution in [1.29, 1.82) is 5.26 Å². The van der Waals surface area contributed by atoms with Crippen LogP contribution in [0.3, 0.4) is 0 Å². The molecule has 0 aliphatic carbocycles. The molecule has 0 unspecified atom stereocenters. The highest BCUT2D eigenvalue weighted by Gasteiger charge is 2.32. The Kier molecular flexibility index (Phi) is 3.84. The van der Waals surface area contributed by atoms with Crippen LogP contribution in [0, 0.1) is 11.3 Å². The van der Waals surface area contributed by atoms with Crippen molar-refractivity contribution >= 4 is 0 Å². The summed E-state index contributed by atoms with van der Waals surface area (Å²) in [5, 5.41) is 8.61. The number of nitrogens with zero attached hydrogens (tertiary/aromatic N) is 1. The van der Waals surface area contributed by atoms with Gasteiger partial charge in [-0.05, 0) is 12.1 Å². The fourth-order valence-electron chi connectivity index (χ4n) is 1.40. The lowest BCUT2D eigenvalue weighted by atomic mass is 10.1. The maximum Gasteiger partial charge on any atom is 0.416 e. The Balaban J connectivity index is 3.40. The number of ether oxygens (including phenoxy) is 2. The number of alkyl halides is 3. The Morgan fingerprint density at radius 1 is 1.18 bits per heavy atom. The number of hydrogen-bond acceptors (Lipinski definition) is 3. The van der Waals surface area contributed by atoms with E-state index >= 15 is 0 Å². The number of rotatable bonds is 3. The highest BCUT2D eigenvalue weighted by Crippen LogP contribution is 2.38. The summed E-state index contributed by atoms with van der Waals surface area (Å²) >= 11 is 0. The van der Waals surface area contributed by atoms with E-state index in [-0.39, 0.29) is 17.9 Å². The Morgan fingerprint density at radius 3 is 1.94 bits per heavy atom. The standard InChI is InChI=1S/C11H10F3NO2/c1-16-9-5-7(11(12,13)14)6-10(17-2)8(9)3-4-15/h5-6H,3H2,1-2H3. The molecule has 0 aliphatic rings. The average Bonchev–Trinajstić information content (AvgIpc) is 2.28. The summed E-state index contributed by atoms with van der Waals surface area (Å²) in [6.07, 6.45) is -4.56. The van der Waals surface area contributed by atoms with Crippen molar-refractivity contribution in [2.75, 3.05) is 14.2 Å². The molecule has 0 heterocycles. The van der Waals surface area contributed by atoms with Gasteiger partial charge >= 0.3 is 6.18 Å². The first-order valence-corrected chi connectivity index (χ1v) is 4.63. The van der Waals surface area contributed by atoms with Crippen molar-refractivity contribution in [3.63, 3.8) is 0 Å². The van der Waals surface area contributed by atoms with Crippen LogP contribution in [-0.2, 0) is 12.6 Å². The van der Waals surface area contributed by atoms with Crippen molar-refractivity contribution < 1.29 is 22.6 Å². The molecule has 3 nitrogen and oxygen atoms in total. The van der Waals surface area contributed by atoms with Gasteiger partial charge in [0.1, 0.15) is 11.5 Å². The lowest BCUT2D eigenvalue weighted by Gasteiger charge is -2.15. The van der Waals surface area contributed by atoms with Gasteiger partial charge in [-0.2, -0.15) is 18.4 Å². The van der Waals surface area contributed by atoms with E-state index in [1.807, 2.05) is 6.07 Å². The highest BCUT2D eigenvalue weighted by molar-refractivity contribution is 5.50. The quantitative estimate of drug-likeness (QED) is 0.822. The molecule has 0 atom stereocenters. The lowest BCUT2D eigenvalue weighted by molar-refractivity contribution is -0.137. The Morgan fingerprint density at radius 2 is 1.65 bits per heavy atom. The minimum Gasteiger partial charge on any atom is -0.496 e. The normalized spacial score (nSPS) is 10.8. The molecule has 0 amide bonds. The molecule has 0 saturated heterocycles. The van der Waals surface area contributed by atoms with Gasteiger partial charge in [0.2, 0.25) is 0 Å². The maximum atomic E-state index is 12.6. The summed E-state index contributed by atoms with van der Waals surface area (Å²) in [4.78, 5) is 0. The van der Waals surface area contributed by atoms with E-state index in [9.17, 15) is 13.2 Å². The van der Waals surface area contributed by atoms with Gasteiger partial charge in [0.15, 0.2) is 0 Å². The summed E-state index contributed by atoms with van der Waals surface area (Å²) in [5.41, 5.74) is -0.557. The number of nitriles is 1. The van der Waals surface area contributed by atoms with Gasteiger partial charge < -0.3 is 9.47 Å². The minimum absolute atomic E-state index is 0.00164. The van der Waals surface area contributed by atoms with E-state index in [1.165, 1.54) is 14.2 Å². The van der Waals surface area contributed by atoms with Crippen molar-refractivity contribution in [2.45, 2.75) is 12.6 Å². The molecular formula is C11H10F3NO2. The second-order valence-electron chi connectivity index (χ2n) is 3.19. The monoisotopic (exact) mass is 245 g/mol. The molecule has 0 radical (unpaired) electrons. The molecule has 1 rings (SSSR count). The minimum atomic E-state index is -4.48. The molecule has 0 N–H and O–H groups in total. The number of benzene rings is 1. The van der Waals surface area contributed by atoms with Crippen molar-refractivity contribution in [3.05, 3.63) is 23.3 Å². The molecule has 1 aromatic rings. The van der Waals surface area contributed by atoms with Crippen LogP contribution in [0.25, 0.3) is 0 Å². The molecule has 92 valence electrons. The maximum absolute atomic E-state index is 12.6. The third-order valence-corrected chi connectivity index (χ3v) is 2.19. The first-order valence-electron chi connectivity index (χ1n) is 4.63. The summed E-state index contributed by atoms with van der Waals surface area (Å²) in [5.74, 6) is -0.00329. The first-order chi connectivity index (χ1) is 7.93. The Hall–Kier alpha value is -1.90. The summed E-state index contributed by atoms with van der Waals surface area (Å²) in [6, 6.07) is 3.56. The molecular weight excluding hydrogens is 235 g/mol. The van der Waals surface area contributed by atoms with Crippen LogP contribution in [0.5, 0.6) is 11.5 Å². The highest BCUT2D eigenvalue weighted by atomic mass is 19.4. The van der Waals surface area contributed by atoms with Crippen LogP contribution in [0.4, 0.5) is 13.2 Å². The zero-order valence-electron chi connectivity index (χ0n) is 9.26. The second kappa shape index (κ2) is 4.95. The van der Waals surface area contributed by atoms with Crippen LogP contribution in [0.15, 0.2) is 12.1 Å². The van der Waals surface area contributed by atoms with Crippen molar-refractivity contribution in [3.8, 4) is 17.6 Å². The zero-order valence-corrected chi connectivity index (χ0v) is 9.26. The molecule has 1 aromatic carbocycles. The van der Waals surface area contributed by atoms with Crippen LogP contribution < -0.4 is 9.47 Å². The SMILES string of the molecule is COc1cc(C(F)(F)F)cc(OC)c1CC#N. The fourth-order valence-corrected chi connectivity index (χ4v) is 1.40. The molecule has 0 aliphatic heterocycles. The molecule has 17 heavy (non-hydrogen) atoms. The molecule has 0 saturated carbocycles.